The Morgan fingerprint density at radius 1 is 0.893 bits per heavy atom. The predicted molar refractivity (Wildman–Crippen MR) is 108 cm³/mol. The molecule has 4 heterocycles. The first-order valence-corrected chi connectivity index (χ1v) is 12.2. The Kier molecular flexibility index (Phi) is 6.08. The lowest BCUT2D eigenvalue weighted by Gasteiger charge is -2.40. The molecule has 0 radical (unpaired) electrons. The highest BCUT2D eigenvalue weighted by atomic mass is 32.2. The van der Waals surface area contributed by atoms with Crippen molar-refractivity contribution in [1.29, 1.82) is 0 Å². The Labute approximate surface area is 168 Å². The second-order valence-corrected chi connectivity index (χ2v) is 10.3. The van der Waals surface area contributed by atoms with Crippen molar-refractivity contribution < 1.29 is 13.2 Å². The van der Waals surface area contributed by atoms with Gasteiger partial charge >= 0.3 is 0 Å². The van der Waals surface area contributed by atoms with Gasteiger partial charge in [0.2, 0.25) is 10.0 Å². The van der Waals surface area contributed by atoms with Crippen molar-refractivity contribution >= 4 is 15.9 Å². The second-order valence-electron chi connectivity index (χ2n) is 8.33. The molecule has 1 N–H and O–H groups in total. The minimum absolute atomic E-state index is 0.0859. The number of hydrogen-bond acceptors (Lipinski definition) is 4. The summed E-state index contributed by atoms with van der Waals surface area (Å²) in [6, 6.07) is 2.10. The molecule has 3 aliphatic rings. The fourth-order valence-corrected chi connectivity index (χ4v) is 6.30. The van der Waals surface area contributed by atoms with Crippen LogP contribution in [0.4, 0.5) is 0 Å². The van der Waals surface area contributed by atoms with Crippen LogP contribution in [0.3, 0.4) is 0 Å². The molecule has 8 heteroatoms. The van der Waals surface area contributed by atoms with Crippen LogP contribution in [-0.2, 0) is 10.0 Å². The van der Waals surface area contributed by atoms with E-state index in [0.717, 1.165) is 45.2 Å². The molecule has 0 spiro atoms. The van der Waals surface area contributed by atoms with Gasteiger partial charge in [-0.3, -0.25) is 4.79 Å². The number of carbonyl (C=O) groups excluding carboxylic acids is 1. The van der Waals surface area contributed by atoms with E-state index in [2.05, 4.69) is 9.88 Å². The highest BCUT2D eigenvalue weighted by Crippen LogP contribution is 2.24. The van der Waals surface area contributed by atoms with Crippen molar-refractivity contribution in [2.24, 2.45) is 0 Å². The minimum Gasteiger partial charge on any atom is -0.356 e. The minimum atomic E-state index is -3.50. The van der Waals surface area contributed by atoms with E-state index < -0.39 is 10.0 Å². The summed E-state index contributed by atoms with van der Waals surface area (Å²) in [5, 5.41) is 0. The van der Waals surface area contributed by atoms with E-state index in [9.17, 15) is 13.2 Å². The van der Waals surface area contributed by atoms with Gasteiger partial charge in [-0.1, -0.05) is 12.8 Å². The molecule has 3 fully saturated rings. The number of carbonyl (C=O) groups is 1. The summed E-state index contributed by atoms with van der Waals surface area (Å²) in [5.74, 6) is -0.0859. The van der Waals surface area contributed by atoms with Crippen LogP contribution in [0.15, 0.2) is 17.2 Å². The van der Waals surface area contributed by atoms with Crippen LogP contribution in [-0.4, -0.2) is 78.7 Å². The molecule has 4 rings (SSSR count). The molecule has 1 aromatic rings. The number of nitrogens with zero attached hydrogens (tertiary/aromatic N) is 3. The third-order valence-corrected chi connectivity index (χ3v) is 8.37. The molecular formula is C20H32N4O3S. The molecule has 0 aliphatic carbocycles. The maximum atomic E-state index is 12.9. The first kappa shape index (κ1) is 19.9. The normalized spacial score (nSPS) is 23.8. The van der Waals surface area contributed by atoms with E-state index in [1.54, 1.807) is 0 Å². The summed E-state index contributed by atoms with van der Waals surface area (Å²) in [4.78, 5) is 20.4. The van der Waals surface area contributed by atoms with Gasteiger partial charge in [0.1, 0.15) is 10.6 Å². The molecular weight excluding hydrogens is 376 g/mol. The lowest BCUT2D eigenvalue weighted by Crippen LogP contribution is -2.48. The highest BCUT2D eigenvalue weighted by molar-refractivity contribution is 7.89. The van der Waals surface area contributed by atoms with E-state index in [-0.39, 0.29) is 10.8 Å². The molecule has 28 heavy (non-hydrogen) atoms. The SMILES string of the molecule is O=C(c1cc(S(=O)(=O)N2CCCCC2)c[nH]1)N1CCC(N2CCCCC2)CC1. The quantitative estimate of drug-likeness (QED) is 0.829. The summed E-state index contributed by atoms with van der Waals surface area (Å²) in [6.07, 6.45) is 10.3. The Balaban J connectivity index is 1.37. The smallest absolute Gasteiger partial charge is 0.270 e. The number of nitrogens with one attached hydrogen (secondary N) is 1. The van der Waals surface area contributed by atoms with Crippen molar-refractivity contribution in [2.45, 2.75) is 62.3 Å². The Morgan fingerprint density at radius 3 is 2.14 bits per heavy atom. The standard InChI is InChI=1S/C20H32N4O3S/c25-20(23-13-7-17(8-14-23)22-9-3-1-4-10-22)19-15-18(16-21-19)28(26,27)24-11-5-2-6-12-24/h15-17,21H,1-14H2. The number of aromatic nitrogens is 1. The zero-order valence-corrected chi connectivity index (χ0v) is 17.4. The average molecular weight is 409 g/mol. The number of H-pyrrole nitrogens is 1. The summed E-state index contributed by atoms with van der Waals surface area (Å²) in [6.45, 7) is 5.00. The average Bonchev–Trinajstić information content (AvgIpc) is 3.26. The molecule has 3 aliphatic heterocycles. The van der Waals surface area contributed by atoms with E-state index in [1.807, 2.05) is 4.90 Å². The lowest BCUT2D eigenvalue weighted by atomic mass is 10.00. The molecule has 0 bridgehead atoms. The molecule has 156 valence electrons. The van der Waals surface area contributed by atoms with Crippen molar-refractivity contribution in [2.75, 3.05) is 39.3 Å². The van der Waals surface area contributed by atoms with Gasteiger partial charge in [-0.05, 0) is 57.7 Å². The van der Waals surface area contributed by atoms with Gasteiger partial charge < -0.3 is 14.8 Å². The number of aromatic amines is 1. The molecule has 1 amide bonds. The van der Waals surface area contributed by atoms with E-state index in [0.29, 0.717) is 24.8 Å². The first-order valence-electron chi connectivity index (χ1n) is 10.8. The number of amides is 1. The topological polar surface area (TPSA) is 76.7 Å². The fourth-order valence-electron chi connectivity index (χ4n) is 4.79. The summed E-state index contributed by atoms with van der Waals surface area (Å²) in [7, 11) is -3.50. The Morgan fingerprint density at radius 2 is 1.50 bits per heavy atom. The van der Waals surface area contributed by atoms with Gasteiger partial charge in [0.15, 0.2) is 0 Å². The first-order chi connectivity index (χ1) is 13.6. The maximum Gasteiger partial charge on any atom is 0.270 e. The summed E-state index contributed by atoms with van der Waals surface area (Å²) in [5.41, 5.74) is 0.381. The molecule has 3 saturated heterocycles. The predicted octanol–water partition coefficient (Wildman–Crippen LogP) is 2.28. The third kappa shape index (κ3) is 4.14. The van der Waals surface area contributed by atoms with Crippen molar-refractivity contribution in [3.05, 3.63) is 18.0 Å². The van der Waals surface area contributed by atoms with E-state index in [4.69, 9.17) is 0 Å². The van der Waals surface area contributed by atoms with Gasteiger partial charge in [0, 0.05) is 38.4 Å². The highest BCUT2D eigenvalue weighted by Gasteiger charge is 2.31. The van der Waals surface area contributed by atoms with Crippen molar-refractivity contribution in [1.82, 2.24) is 19.1 Å². The molecule has 1 aromatic heterocycles. The van der Waals surface area contributed by atoms with Crippen LogP contribution in [0.5, 0.6) is 0 Å². The van der Waals surface area contributed by atoms with Crippen LogP contribution in [0.2, 0.25) is 0 Å². The van der Waals surface area contributed by atoms with Crippen molar-refractivity contribution in [3.8, 4) is 0 Å². The summed E-state index contributed by atoms with van der Waals surface area (Å²) >= 11 is 0. The van der Waals surface area contributed by atoms with E-state index >= 15 is 0 Å². The maximum absolute atomic E-state index is 12.9. The monoisotopic (exact) mass is 408 g/mol. The van der Waals surface area contributed by atoms with Crippen molar-refractivity contribution in [3.63, 3.8) is 0 Å². The molecule has 0 unspecified atom stereocenters. The largest absolute Gasteiger partial charge is 0.356 e. The third-order valence-electron chi connectivity index (χ3n) is 6.50. The molecule has 0 atom stereocenters. The number of sulfonamides is 1. The molecule has 0 saturated carbocycles. The van der Waals surface area contributed by atoms with Gasteiger partial charge in [0.05, 0.1) is 0 Å². The van der Waals surface area contributed by atoms with Gasteiger partial charge in [-0.2, -0.15) is 4.31 Å². The number of rotatable bonds is 4. The summed E-state index contributed by atoms with van der Waals surface area (Å²) < 4.78 is 27.1. The number of piperidine rings is 3. The Bertz CT molecular complexity index is 771. The van der Waals surface area contributed by atoms with Crippen LogP contribution in [0, 0.1) is 0 Å². The van der Waals surface area contributed by atoms with Crippen LogP contribution in [0.1, 0.15) is 61.9 Å². The Hall–Kier alpha value is -1.38. The molecule has 7 nitrogen and oxygen atoms in total. The zero-order chi connectivity index (χ0) is 19.6. The van der Waals surface area contributed by atoms with Gasteiger partial charge in [0.25, 0.3) is 5.91 Å². The van der Waals surface area contributed by atoms with Gasteiger partial charge in [-0.15, -0.1) is 0 Å². The fraction of sp³-hybridized carbons (Fsp3) is 0.750. The zero-order valence-electron chi connectivity index (χ0n) is 16.6. The number of hydrogen-bond donors (Lipinski definition) is 1. The van der Waals surface area contributed by atoms with E-state index in [1.165, 1.54) is 48.9 Å². The lowest BCUT2D eigenvalue weighted by molar-refractivity contribution is 0.0585. The van der Waals surface area contributed by atoms with Crippen LogP contribution < -0.4 is 0 Å². The molecule has 0 aromatic carbocycles. The van der Waals surface area contributed by atoms with Crippen LogP contribution in [0.25, 0.3) is 0 Å². The second kappa shape index (κ2) is 8.55. The van der Waals surface area contributed by atoms with Crippen LogP contribution >= 0.6 is 0 Å². The number of likely N-dealkylation sites (tertiary alicyclic amines) is 2. The van der Waals surface area contributed by atoms with Gasteiger partial charge in [-0.25, -0.2) is 8.42 Å².